The average molecular weight is 536 g/mol. The zero-order valence-electron chi connectivity index (χ0n) is 21.6. The van der Waals surface area contributed by atoms with Crippen molar-refractivity contribution in [2.24, 2.45) is 0 Å². The smallest absolute Gasteiger partial charge is 0.373 e. The number of rotatable bonds is 11. The highest BCUT2D eigenvalue weighted by Gasteiger charge is 2.29. The van der Waals surface area contributed by atoms with E-state index in [0.717, 1.165) is 0 Å². The molecule has 0 spiro atoms. The predicted molar refractivity (Wildman–Crippen MR) is 137 cm³/mol. The molecule has 13 nitrogen and oxygen atoms in total. The van der Waals surface area contributed by atoms with Crippen molar-refractivity contribution >= 4 is 23.4 Å². The number of aromatic nitrogens is 2. The first-order chi connectivity index (χ1) is 18.6. The lowest BCUT2D eigenvalue weighted by Gasteiger charge is -2.13. The fraction of sp³-hybridized carbons (Fsp3) is 0.269. The largest absolute Gasteiger partial charge is 0.465 e. The topological polar surface area (TPSA) is 176 Å². The summed E-state index contributed by atoms with van der Waals surface area (Å²) in [6.07, 6.45) is 0. The minimum absolute atomic E-state index is 0.0600. The van der Waals surface area contributed by atoms with E-state index in [9.17, 15) is 25.0 Å². The summed E-state index contributed by atoms with van der Waals surface area (Å²) in [7, 11) is 0. The van der Waals surface area contributed by atoms with Crippen molar-refractivity contribution in [1.29, 1.82) is 5.26 Å². The maximum Gasteiger partial charge on any atom is 0.373 e. The number of ether oxygens (including phenoxy) is 4. The standard InChI is InChI=1S/C26H25N5O8/c1-5-36-21(32)14-28-23-22(31(34)35)24(38-19-10-15(3)9-18(12-19)25(33)37-6-2)30-26(29-23)39-20-11-17(13-27)8-7-16(20)4/h7-12H,5-6,14H2,1-4H3,(H,28,29,30). The zero-order chi connectivity index (χ0) is 28.5. The van der Waals surface area contributed by atoms with Gasteiger partial charge in [0, 0.05) is 0 Å². The van der Waals surface area contributed by atoms with E-state index in [0.29, 0.717) is 16.7 Å². The highest BCUT2D eigenvalue weighted by atomic mass is 16.6. The van der Waals surface area contributed by atoms with Crippen molar-refractivity contribution in [2.75, 3.05) is 25.1 Å². The number of esters is 2. The van der Waals surface area contributed by atoms with Gasteiger partial charge in [-0.1, -0.05) is 6.07 Å². The fourth-order valence-corrected chi connectivity index (χ4v) is 3.32. The predicted octanol–water partition coefficient (Wildman–Crippen LogP) is 4.61. The molecule has 0 bridgehead atoms. The quantitative estimate of drug-likeness (QED) is 0.205. The Balaban J connectivity index is 2.11. The van der Waals surface area contributed by atoms with Gasteiger partial charge >= 0.3 is 29.5 Å². The summed E-state index contributed by atoms with van der Waals surface area (Å²) in [5.74, 6) is -1.89. The van der Waals surface area contributed by atoms with Crippen molar-refractivity contribution < 1.29 is 33.5 Å². The Morgan fingerprint density at radius 3 is 2.46 bits per heavy atom. The van der Waals surface area contributed by atoms with E-state index < -0.39 is 35.0 Å². The van der Waals surface area contributed by atoms with Gasteiger partial charge in [-0.25, -0.2) is 4.79 Å². The van der Waals surface area contributed by atoms with Gasteiger partial charge in [0.25, 0.3) is 0 Å². The van der Waals surface area contributed by atoms with Crippen molar-refractivity contribution in [3.05, 3.63) is 68.8 Å². The van der Waals surface area contributed by atoms with Crippen LogP contribution in [-0.4, -0.2) is 46.6 Å². The lowest BCUT2D eigenvalue weighted by atomic mass is 10.1. The third kappa shape index (κ3) is 7.39. The Morgan fingerprint density at radius 2 is 1.79 bits per heavy atom. The molecule has 0 saturated carbocycles. The van der Waals surface area contributed by atoms with Crippen molar-refractivity contribution in [2.45, 2.75) is 27.7 Å². The van der Waals surface area contributed by atoms with E-state index in [-0.39, 0.29) is 42.1 Å². The molecule has 1 N–H and O–H groups in total. The summed E-state index contributed by atoms with van der Waals surface area (Å²) < 4.78 is 21.5. The molecule has 1 aromatic heterocycles. The molecule has 0 radical (unpaired) electrons. The lowest BCUT2D eigenvalue weighted by molar-refractivity contribution is -0.385. The van der Waals surface area contributed by atoms with Gasteiger partial charge in [0.05, 0.1) is 35.3 Å². The highest BCUT2D eigenvalue weighted by Crippen LogP contribution is 2.38. The van der Waals surface area contributed by atoms with Gasteiger partial charge in [-0.3, -0.25) is 14.9 Å². The number of hydrogen-bond acceptors (Lipinski definition) is 12. The minimum atomic E-state index is -0.782. The third-order valence-corrected chi connectivity index (χ3v) is 5.01. The Morgan fingerprint density at radius 1 is 1.05 bits per heavy atom. The number of carbonyl (C=O) groups is 2. The van der Waals surface area contributed by atoms with E-state index in [4.69, 9.17) is 18.9 Å². The van der Waals surface area contributed by atoms with Crippen LogP contribution in [0.4, 0.5) is 11.5 Å². The number of benzene rings is 2. The monoisotopic (exact) mass is 535 g/mol. The second-order valence-corrected chi connectivity index (χ2v) is 7.98. The Labute approximate surface area is 223 Å². The SMILES string of the molecule is CCOC(=O)CNc1nc(Oc2cc(C#N)ccc2C)nc(Oc2cc(C)cc(C(=O)OCC)c2)c1[N+](=O)[O-]. The molecule has 0 amide bonds. The van der Waals surface area contributed by atoms with Gasteiger partial charge in [0.2, 0.25) is 5.82 Å². The summed E-state index contributed by atoms with van der Waals surface area (Å²) in [6.45, 7) is 6.54. The molecule has 3 rings (SSSR count). The van der Waals surface area contributed by atoms with E-state index in [1.165, 1.54) is 12.1 Å². The third-order valence-electron chi connectivity index (χ3n) is 5.01. The molecule has 202 valence electrons. The van der Waals surface area contributed by atoms with Gasteiger partial charge < -0.3 is 24.3 Å². The summed E-state index contributed by atoms with van der Waals surface area (Å²) in [4.78, 5) is 43.7. The van der Waals surface area contributed by atoms with Crippen LogP contribution in [0.25, 0.3) is 0 Å². The van der Waals surface area contributed by atoms with Crippen LogP contribution in [0, 0.1) is 35.3 Å². The molecule has 0 saturated heterocycles. The van der Waals surface area contributed by atoms with Gasteiger partial charge in [0.15, 0.2) is 0 Å². The van der Waals surface area contributed by atoms with Crippen LogP contribution in [0.15, 0.2) is 36.4 Å². The van der Waals surface area contributed by atoms with Gasteiger partial charge in [-0.15, -0.1) is 0 Å². The van der Waals surface area contributed by atoms with E-state index in [1.54, 1.807) is 52.0 Å². The highest BCUT2D eigenvalue weighted by molar-refractivity contribution is 5.90. The first-order valence-corrected chi connectivity index (χ1v) is 11.8. The van der Waals surface area contributed by atoms with Crippen LogP contribution in [0.3, 0.4) is 0 Å². The molecule has 1 heterocycles. The molecule has 0 atom stereocenters. The summed E-state index contributed by atoms with van der Waals surface area (Å²) >= 11 is 0. The number of nitrogens with one attached hydrogen (secondary N) is 1. The van der Waals surface area contributed by atoms with Crippen LogP contribution in [0.2, 0.25) is 0 Å². The summed E-state index contributed by atoms with van der Waals surface area (Å²) in [5.41, 5.74) is 1.05. The van der Waals surface area contributed by atoms with E-state index in [1.807, 2.05) is 6.07 Å². The Bertz CT molecular complexity index is 1450. The second-order valence-electron chi connectivity index (χ2n) is 7.98. The first-order valence-electron chi connectivity index (χ1n) is 11.8. The minimum Gasteiger partial charge on any atom is -0.465 e. The molecule has 0 fully saturated rings. The Kier molecular flexibility index (Phi) is 9.31. The van der Waals surface area contributed by atoms with Crippen LogP contribution in [0.1, 0.15) is 40.9 Å². The normalized spacial score (nSPS) is 10.2. The van der Waals surface area contributed by atoms with Gasteiger partial charge in [-0.2, -0.15) is 15.2 Å². The number of carbonyl (C=O) groups excluding carboxylic acids is 2. The fourth-order valence-electron chi connectivity index (χ4n) is 3.32. The van der Waals surface area contributed by atoms with Crippen LogP contribution in [-0.2, 0) is 14.3 Å². The lowest BCUT2D eigenvalue weighted by Crippen LogP contribution is -2.18. The second kappa shape index (κ2) is 12.8. The molecule has 0 unspecified atom stereocenters. The maximum atomic E-state index is 12.3. The van der Waals surface area contributed by atoms with Crippen LogP contribution < -0.4 is 14.8 Å². The van der Waals surface area contributed by atoms with E-state index in [2.05, 4.69) is 15.3 Å². The number of aryl methyl sites for hydroxylation is 2. The summed E-state index contributed by atoms with van der Waals surface area (Å²) in [6, 6.07) is 10.8. The average Bonchev–Trinajstić information content (AvgIpc) is 2.88. The zero-order valence-corrected chi connectivity index (χ0v) is 21.6. The molecule has 39 heavy (non-hydrogen) atoms. The van der Waals surface area contributed by atoms with Gasteiger partial charge in [-0.05, 0) is 69.2 Å². The molecular formula is C26H25N5O8. The van der Waals surface area contributed by atoms with Crippen LogP contribution in [0.5, 0.6) is 23.4 Å². The number of hydrogen-bond donors (Lipinski definition) is 1. The summed E-state index contributed by atoms with van der Waals surface area (Å²) in [5, 5.41) is 23.9. The number of anilines is 1. The number of nitrogens with zero attached hydrogens (tertiary/aromatic N) is 4. The molecule has 0 aliphatic heterocycles. The van der Waals surface area contributed by atoms with Gasteiger partial charge in [0.1, 0.15) is 18.0 Å². The first kappa shape index (κ1) is 28.3. The van der Waals surface area contributed by atoms with Crippen LogP contribution >= 0.6 is 0 Å². The molecule has 2 aromatic carbocycles. The molecule has 3 aromatic rings. The maximum absolute atomic E-state index is 12.3. The number of nitriles is 1. The molecular weight excluding hydrogens is 510 g/mol. The Hall–Kier alpha value is -5.25. The van der Waals surface area contributed by atoms with Crippen molar-refractivity contribution in [1.82, 2.24) is 9.97 Å². The van der Waals surface area contributed by atoms with Crippen molar-refractivity contribution in [3.63, 3.8) is 0 Å². The number of nitro groups is 1. The molecule has 13 heteroatoms. The van der Waals surface area contributed by atoms with Crippen molar-refractivity contribution in [3.8, 4) is 29.5 Å². The van der Waals surface area contributed by atoms with E-state index >= 15 is 0 Å². The molecule has 0 aliphatic carbocycles. The molecule has 0 aliphatic rings.